The fraction of sp³-hybridized carbons (Fsp3) is 0.333. The Labute approximate surface area is 136 Å². The third kappa shape index (κ3) is 5.25. The molecule has 0 saturated carbocycles. The quantitative estimate of drug-likeness (QED) is 0.734. The van der Waals surface area contributed by atoms with E-state index in [2.05, 4.69) is 16.9 Å². The lowest BCUT2D eigenvalue weighted by Gasteiger charge is -2.12. The van der Waals surface area contributed by atoms with Crippen molar-refractivity contribution in [1.82, 2.24) is 5.43 Å². The normalized spacial score (nSPS) is 14.8. The Morgan fingerprint density at radius 2 is 1.83 bits per heavy atom. The first kappa shape index (κ1) is 15.8. The van der Waals surface area contributed by atoms with Crippen molar-refractivity contribution in [3.8, 4) is 5.75 Å². The van der Waals surface area contributed by atoms with Gasteiger partial charge in [-0.3, -0.25) is 0 Å². The molecular weight excluding hydrogens is 292 g/mol. The molecule has 0 unspecified atom stereocenters. The summed E-state index contributed by atoms with van der Waals surface area (Å²) in [6.07, 6.45) is 0.632. The van der Waals surface area contributed by atoms with Crippen molar-refractivity contribution in [1.29, 1.82) is 0 Å². The van der Waals surface area contributed by atoms with E-state index in [0.29, 0.717) is 26.4 Å². The molecule has 1 aliphatic rings. The van der Waals surface area contributed by atoms with Crippen molar-refractivity contribution >= 4 is 5.69 Å². The number of hydrogen-bond donors (Lipinski definition) is 2. The van der Waals surface area contributed by atoms with Crippen molar-refractivity contribution in [2.75, 3.05) is 25.2 Å². The predicted octanol–water partition coefficient (Wildman–Crippen LogP) is 2.95. The van der Waals surface area contributed by atoms with Crippen molar-refractivity contribution in [2.45, 2.75) is 19.3 Å². The highest BCUT2D eigenvalue weighted by molar-refractivity contribution is 5.41. The Balaban J connectivity index is 1.41. The van der Waals surface area contributed by atoms with Crippen LogP contribution in [-0.2, 0) is 16.0 Å². The van der Waals surface area contributed by atoms with Crippen LogP contribution in [-0.4, -0.2) is 26.1 Å². The van der Waals surface area contributed by atoms with E-state index in [4.69, 9.17) is 14.2 Å². The average Bonchev–Trinajstić information content (AvgIpc) is 3.10. The maximum Gasteiger partial charge on any atom is 0.161 e. The number of benzene rings is 2. The van der Waals surface area contributed by atoms with Crippen molar-refractivity contribution in [3.05, 3.63) is 60.2 Å². The van der Waals surface area contributed by atoms with E-state index in [1.165, 1.54) is 0 Å². The van der Waals surface area contributed by atoms with Crippen molar-refractivity contribution < 1.29 is 14.2 Å². The smallest absolute Gasteiger partial charge is 0.161 e. The third-order valence-corrected chi connectivity index (χ3v) is 3.51. The summed E-state index contributed by atoms with van der Waals surface area (Å²) < 4.78 is 16.5. The molecule has 5 nitrogen and oxygen atoms in total. The highest BCUT2D eigenvalue weighted by atomic mass is 16.7. The molecule has 2 aromatic carbocycles. The van der Waals surface area contributed by atoms with Gasteiger partial charge in [-0.05, 0) is 29.8 Å². The van der Waals surface area contributed by atoms with Crippen LogP contribution in [0.4, 0.5) is 5.69 Å². The lowest BCUT2D eigenvalue weighted by Crippen LogP contribution is -2.20. The molecule has 1 aliphatic heterocycles. The largest absolute Gasteiger partial charge is 0.493 e. The second-order valence-electron chi connectivity index (χ2n) is 5.30. The summed E-state index contributed by atoms with van der Waals surface area (Å²) in [5, 5.41) is 0. The van der Waals surface area contributed by atoms with E-state index in [1.807, 2.05) is 48.5 Å². The van der Waals surface area contributed by atoms with Crippen LogP contribution in [0.25, 0.3) is 0 Å². The molecule has 0 aliphatic carbocycles. The number of ether oxygens (including phenoxy) is 3. The van der Waals surface area contributed by atoms with E-state index in [0.717, 1.165) is 23.4 Å². The number of nitrogens with one attached hydrogen (secondary N) is 2. The second kappa shape index (κ2) is 8.53. The molecule has 5 heteroatoms. The number of rotatable bonds is 8. The number of anilines is 1. The van der Waals surface area contributed by atoms with Gasteiger partial charge in [0.2, 0.25) is 0 Å². The predicted molar refractivity (Wildman–Crippen MR) is 89.2 cm³/mol. The Kier molecular flexibility index (Phi) is 5.86. The van der Waals surface area contributed by atoms with Crippen LogP contribution in [0, 0.1) is 0 Å². The van der Waals surface area contributed by atoms with Crippen molar-refractivity contribution in [3.63, 3.8) is 0 Å². The van der Waals surface area contributed by atoms with E-state index in [-0.39, 0.29) is 6.29 Å². The average molecular weight is 314 g/mol. The van der Waals surface area contributed by atoms with Gasteiger partial charge in [-0.25, -0.2) is 5.43 Å². The van der Waals surface area contributed by atoms with Crippen LogP contribution in [0.1, 0.15) is 12.0 Å². The Morgan fingerprint density at radius 1 is 1.00 bits per heavy atom. The highest BCUT2D eigenvalue weighted by Crippen LogP contribution is 2.15. The molecule has 0 aromatic heterocycles. The molecule has 0 bridgehead atoms. The minimum Gasteiger partial charge on any atom is -0.493 e. The summed E-state index contributed by atoms with van der Waals surface area (Å²) in [6.45, 7) is 2.66. The third-order valence-electron chi connectivity index (χ3n) is 3.51. The van der Waals surface area contributed by atoms with Gasteiger partial charge in [0.1, 0.15) is 5.75 Å². The summed E-state index contributed by atoms with van der Waals surface area (Å²) in [6, 6.07) is 18.1. The number of hydrogen-bond acceptors (Lipinski definition) is 5. The van der Waals surface area contributed by atoms with Gasteiger partial charge in [0.05, 0.1) is 19.8 Å². The molecule has 1 saturated heterocycles. The van der Waals surface area contributed by atoms with Crippen LogP contribution < -0.4 is 15.6 Å². The monoisotopic (exact) mass is 314 g/mol. The van der Waals surface area contributed by atoms with Gasteiger partial charge >= 0.3 is 0 Å². The van der Waals surface area contributed by atoms with Gasteiger partial charge in [-0.2, -0.15) is 0 Å². The van der Waals surface area contributed by atoms with Gasteiger partial charge in [-0.15, -0.1) is 0 Å². The first-order valence-electron chi connectivity index (χ1n) is 7.89. The highest BCUT2D eigenvalue weighted by Gasteiger charge is 2.15. The minimum atomic E-state index is -0.116. The molecule has 122 valence electrons. The molecule has 2 N–H and O–H groups in total. The number of para-hydroxylation sites is 1. The van der Waals surface area contributed by atoms with E-state index in [9.17, 15) is 0 Å². The van der Waals surface area contributed by atoms with Crippen LogP contribution in [0.15, 0.2) is 54.6 Å². The zero-order valence-electron chi connectivity index (χ0n) is 13.0. The summed E-state index contributed by atoms with van der Waals surface area (Å²) in [4.78, 5) is 0. The molecule has 1 fully saturated rings. The fourth-order valence-corrected chi connectivity index (χ4v) is 2.36. The summed E-state index contributed by atoms with van der Waals surface area (Å²) in [5.41, 5.74) is 8.56. The lowest BCUT2D eigenvalue weighted by atomic mass is 10.2. The van der Waals surface area contributed by atoms with Gasteiger partial charge in [0, 0.05) is 18.7 Å². The first-order valence-corrected chi connectivity index (χ1v) is 7.89. The molecule has 0 radical (unpaired) electrons. The molecule has 23 heavy (non-hydrogen) atoms. The first-order chi connectivity index (χ1) is 11.4. The minimum absolute atomic E-state index is 0.116. The zero-order valence-corrected chi connectivity index (χ0v) is 13.0. The molecule has 1 heterocycles. The van der Waals surface area contributed by atoms with E-state index >= 15 is 0 Å². The molecule has 0 amide bonds. The van der Waals surface area contributed by atoms with Crippen LogP contribution in [0.3, 0.4) is 0 Å². The van der Waals surface area contributed by atoms with Gasteiger partial charge in [0.15, 0.2) is 6.29 Å². The molecule has 0 spiro atoms. The Morgan fingerprint density at radius 3 is 2.65 bits per heavy atom. The maximum absolute atomic E-state index is 5.77. The molecular formula is C18H22N2O3. The summed E-state index contributed by atoms with van der Waals surface area (Å²) in [5.74, 6) is 0.863. The number of hydrazine groups is 1. The zero-order chi connectivity index (χ0) is 15.7. The Hall–Kier alpha value is -2.08. The van der Waals surface area contributed by atoms with Gasteiger partial charge in [-0.1, -0.05) is 30.3 Å². The van der Waals surface area contributed by atoms with Crippen LogP contribution in [0.5, 0.6) is 5.75 Å². The van der Waals surface area contributed by atoms with E-state index < -0.39 is 0 Å². The molecule has 2 aromatic rings. The summed E-state index contributed by atoms with van der Waals surface area (Å²) in [7, 11) is 0. The van der Waals surface area contributed by atoms with E-state index in [1.54, 1.807) is 0 Å². The van der Waals surface area contributed by atoms with Crippen LogP contribution >= 0.6 is 0 Å². The standard InChI is InChI=1S/C18H22N2O3/c1-2-6-16(7-3-1)20-19-14-15-5-4-8-17(13-15)21-10-9-18-22-11-12-23-18/h1-8,13,18-20H,9-12,14H2. The topological polar surface area (TPSA) is 51.8 Å². The van der Waals surface area contributed by atoms with Gasteiger partial charge in [0.25, 0.3) is 0 Å². The second-order valence-corrected chi connectivity index (χ2v) is 5.30. The Bertz CT molecular complexity index is 586. The molecule has 0 atom stereocenters. The maximum atomic E-state index is 5.77. The lowest BCUT2D eigenvalue weighted by molar-refractivity contribution is -0.0531. The fourth-order valence-electron chi connectivity index (χ4n) is 2.36. The van der Waals surface area contributed by atoms with Crippen LogP contribution in [0.2, 0.25) is 0 Å². The summed E-state index contributed by atoms with van der Waals surface area (Å²) >= 11 is 0. The van der Waals surface area contributed by atoms with Crippen molar-refractivity contribution in [2.24, 2.45) is 0 Å². The SMILES string of the molecule is c1ccc(NNCc2cccc(OCCC3OCCO3)c2)cc1. The molecule has 3 rings (SSSR count). The van der Waals surface area contributed by atoms with Gasteiger partial charge < -0.3 is 19.6 Å².